The summed E-state index contributed by atoms with van der Waals surface area (Å²) in [6.07, 6.45) is 2.47. The van der Waals surface area contributed by atoms with Crippen molar-refractivity contribution in [3.8, 4) is 0 Å². The second-order valence-electron chi connectivity index (χ2n) is 5.34. The Bertz CT molecular complexity index is 612. The Hall–Kier alpha value is -1.88. The van der Waals surface area contributed by atoms with Gasteiger partial charge in [-0.05, 0) is 31.9 Å². The summed E-state index contributed by atoms with van der Waals surface area (Å²) in [5.41, 5.74) is 0.988. The SMILES string of the molecule is CCNc1nc(N(CCOC)C2CC2)c2ccccc2n1. The predicted molar refractivity (Wildman–Crippen MR) is 85.9 cm³/mol. The summed E-state index contributed by atoms with van der Waals surface area (Å²) in [6.45, 7) is 4.46. The highest BCUT2D eigenvalue weighted by Gasteiger charge is 2.31. The van der Waals surface area contributed by atoms with Crippen molar-refractivity contribution in [2.75, 3.05) is 37.0 Å². The number of nitrogens with zero attached hydrogens (tertiary/aromatic N) is 3. The molecule has 1 heterocycles. The zero-order valence-electron chi connectivity index (χ0n) is 12.7. The highest BCUT2D eigenvalue weighted by molar-refractivity contribution is 5.90. The molecule has 0 atom stereocenters. The molecular weight excluding hydrogens is 264 g/mol. The maximum absolute atomic E-state index is 5.26. The lowest BCUT2D eigenvalue weighted by Crippen LogP contribution is -2.30. The molecule has 112 valence electrons. The monoisotopic (exact) mass is 286 g/mol. The topological polar surface area (TPSA) is 50.3 Å². The summed E-state index contributed by atoms with van der Waals surface area (Å²) in [6, 6.07) is 8.80. The molecule has 5 nitrogen and oxygen atoms in total. The van der Waals surface area contributed by atoms with Crippen LogP contribution in [0.25, 0.3) is 10.9 Å². The van der Waals surface area contributed by atoms with Crippen LogP contribution in [0.5, 0.6) is 0 Å². The van der Waals surface area contributed by atoms with Crippen LogP contribution in [0.15, 0.2) is 24.3 Å². The van der Waals surface area contributed by atoms with Gasteiger partial charge in [0.1, 0.15) is 5.82 Å². The molecule has 0 aliphatic heterocycles. The molecule has 0 saturated heterocycles. The lowest BCUT2D eigenvalue weighted by atomic mass is 10.2. The van der Waals surface area contributed by atoms with Gasteiger partial charge < -0.3 is 15.0 Å². The van der Waals surface area contributed by atoms with Crippen LogP contribution in [0.3, 0.4) is 0 Å². The minimum Gasteiger partial charge on any atom is -0.383 e. The summed E-state index contributed by atoms with van der Waals surface area (Å²) >= 11 is 0. The quantitative estimate of drug-likeness (QED) is 0.848. The number of anilines is 2. The maximum Gasteiger partial charge on any atom is 0.225 e. The molecule has 1 aromatic carbocycles. The number of para-hydroxylation sites is 1. The van der Waals surface area contributed by atoms with Crippen LogP contribution in [0.1, 0.15) is 19.8 Å². The summed E-state index contributed by atoms with van der Waals surface area (Å²) in [4.78, 5) is 11.7. The fourth-order valence-corrected chi connectivity index (χ4v) is 2.55. The van der Waals surface area contributed by atoms with E-state index in [1.54, 1.807) is 7.11 Å². The minimum absolute atomic E-state index is 0.591. The number of hydrogen-bond acceptors (Lipinski definition) is 5. The summed E-state index contributed by atoms with van der Waals surface area (Å²) in [5, 5.41) is 4.34. The molecule has 1 aromatic heterocycles. The molecule has 1 fully saturated rings. The van der Waals surface area contributed by atoms with Gasteiger partial charge >= 0.3 is 0 Å². The Morgan fingerprint density at radius 3 is 2.81 bits per heavy atom. The van der Waals surface area contributed by atoms with Gasteiger partial charge in [0, 0.05) is 31.6 Å². The normalized spacial score (nSPS) is 14.4. The second-order valence-corrected chi connectivity index (χ2v) is 5.34. The van der Waals surface area contributed by atoms with E-state index in [4.69, 9.17) is 9.72 Å². The fraction of sp³-hybridized carbons (Fsp3) is 0.500. The number of methoxy groups -OCH3 is 1. The van der Waals surface area contributed by atoms with Gasteiger partial charge in [0.2, 0.25) is 5.95 Å². The van der Waals surface area contributed by atoms with Crippen LogP contribution in [-0.2, 0) is 4.74 Å². The van der Waals surface area contributed by atoms with Gasteiger partial charge in [-0.25, -0.2) is 4.98 Å². The van der Waals surface area contributed by atoms with Crippen molar-refractivity contribution in [1.82, 2.24) is 9.97 Å². The van der Waals surface area contributed by atoms with Crippen molar-refractivity contribution >= 4 is 22.7 Å². The van der Waals surface area contributed by atoms with Crippen molar-refractivity contribution in [2.24, 2.45) is 0 Å². The summed E-state index contributed by atoms with van der Waals surface area (Å²) in [7, 11) is 1.74. The Labute approximate surface area is 125 Å². The Morgan fingerprint density at radius 2 is 2.10 bits per heavy atom. The number of hydrogen-bond donors (Lipinski definition) is 1. The number of ether oxygens (including phenoxy) is 1. The van der Waals surface area contributed by atoms with Gasteiger partial charge in [-0.2, -0.15) is 4.98 Å². The number of nitrogens with one attached hydrogen (secondary N) is 1. The number of fused-ring (bicyclic) bond motifs is 1. The van der Waals surface area contributed by atoms with Crippen molar-refractivity contribution in [3.05, 3.63) is 24.3 Å². The summed E-state index contributed by atoms with van der Waals surface area (Å²) in [5.74, 6) is 1.73. The van der Waals surface area contributed by atoms with E-state index >= 15 is 0 Å². The fourth-order valence-electron chi connectivity index (χ4n) is 2.55. The van der Waals surface area contributed by atoms with Crippen molar-refractivity contribution in [3.63, 3.8) is 0 Å². The third-order valence-corrected chi connectivity index (χ3v) is 3.71. The highest BCUT2D eigenvalue weighted by Crippen LogP contribution is 2.34. The molecule has 1 aliphatic rings. The zero-order chi connectivity index (χ0) is 14.7. The molecule has 0 bridgehead atoms. The van der Waals surface area contributed by atoms with E-state index in [1.807, 2.05) is 18.2 Å². The third-order valence-electron chi connectivity index (χ3n) is 3.71. The van der Waals surface area contributed by atoms with Crippen LogP contribution in [0.4, 0.5) is 11.8 Å². The molecule has 1 N–H and O–H groups in total. The molecular formula is C16H22N4O. The smallest absolute Gasteiger partial charge is 0.225 e. The largest absolute Gasteiger partial charge is 0.383 e. The van der Waals surface area contributed by atoms with E-state index in [1.165, 1.54) is 12.8 Å². The molecule has 2 aromatic rings. The van der Waals surface area contributed by atoms with Gasteiger partial charge in [-0.1, -0.05) is 12.1 Å². The van der Waals surface area contributed by atoms with E-state index in [-0.39, 0.29) is 0 Å². The van der Waals surface area contributed by atoms with Crippen LogP contribution < -0.4 is 10.2 Å². The molecule has 5 heteroatoms. The molecule has 0 amide bonds. The lowest BCUT2D eigenvalue weighted by molar-refractivity contribution is 0.205. The molecule has 0 spiro atoms. The number of rotatable bonds is 7. The minimum atomic E-state index is 0.591. The van der Waals surface area contributed by atoms with E-state index in [9.17, 15) is 0 Å². The molecule has 0 unspecified atom stereocenters. The zero-order valence-corrected chi connectivity index (χ0v) is 12.7. The van der Waals surface area contributed by atoms with Crippen LogP contribution in [0.2, 0.25) is 0 Å². The third kappa shape index (κ3) is 3.08. The first-order valence-electron chi connectivity index (χ1n) is 7.59. The number of aromatic nitrogens is 2. The first-order chi connectivity index (χ1) is 10.3. The molecule has 21 heavy (non-hydrogen) atoms. The van der Waals surface area contributed by atoms with Crippen LogP contribution in [-0.4, -0.2) is 42.8 Å². The standard InChI is InChI=1S/C16H22N4O/c1-3-17-16-18-14-7-5-4-6-13(14)15(19-16)20(10-11-21-2)12-8-9-12/h4-7,12H,3,8-11H2,1-2H3,(H,17,18,19). The van der Waals surface area contributed by atoms with Gasteiger partial charge in [0.15, 0.2) is 0 Å². The first-order valence-corrected chi connectivity index (χ1v) is 7.59. The van der Waals surface area contributed by atoms with Gasteiger partial charge in [-0.3, -0.25) is 0 Å². The Morgan fingerprint density at radius 1 is 1.29 bits per heavy atom. The predicted octanol–water partition coefficient (Wildman–Crippen LogP) is 2.68. The second kappa shape index (κ2) is 6.26. The van der Waals surface area contributed by atoms with Gasteiger partial charge in [0.25, 0.3) is 0 Å². The van der Waals surface area contributed by atoms with Gasteiger partial charge in [-0.15, -0.1) is 0 Å². The molecule has 1 aliphatic carbocycles. The van der Waals surface area contributed by atoms with Crippen molar-refractivity contribution in [2.45, 2.75) is 25.8 Å². The maximum atomic E-state index is 5.26. The van der Waals surface area contributed by atoms with Crippen molar-refractivity contribution in [1.29, 1.82) is 0 Å². The van der Waals surface area contributed by atoms with Crippen LogP contribution in [0, 0.1) is 0 Å². The molecule has 0 radical (unpaired) electrons. The average molecular weight is 286 g/mol. The van der Waals surface area contributed by atoms with Crippen molar-refractivity contribution < 1.29 is 4.74 Å². The van der Waals surface area contributed by atoms with E-state index in [0.29, 0.717) is 18.6 Å². The summed E-state index contributed by atoms with van der Waals surface area (Å²) < 4.78 is 5.26. The van der Waals surface area contributed by atoms with Crippen LogP contribution >= 0.6 is 0 Å². The molecule has 3 rings (SSSR count). The lowest BCUT2D eigenvalue weighted by Gasteiger charge is -2.25. The Balaban J connectivity index is 2.04. The van der Waals surface area contributed by atoms with E-state index in [2.05, 4.69) is 28.2 Å². The molecule has 1 saturated carbocycles. The highest BCUT2D eigenvalue weighted by atomic mass is 16.5. The van der Waals surface area contributed by atoms with Gasteiger partial charge in [0.05, 0.1) is 12.1 Å². The Kier molecular flexibility index (Phi) is 4.20. The van der Waals surface area contributed by atoms with E-state index in [0.717, 1.165) is 29.8 Å². The first kappa shape index (κ1) is 14.1. The average Bonchev–Trinajstić information content (AvgIpc) is 3.33. The van der Waals surface area contributed by atoms with E-state index < -0.39 is 0 Å². The number of benzene rings is 1.